The quantitative estimate of drug-likeness (QED) is 0.553. The summed E-state index contributed by atoms with van der Waals surface area (Å²) in [5.41, 5.74) is 8.37. The predicted octanol–water partition coefficient (Wildman–Crippen LogP) is 2.56. The predicted molar refractivity (Wildman–Crippen MR) is 87.7 cm³/mol. The van der Waals surface area contributed by atoms with E-state index in [9.17, 15) is 4.79 Å². The van der Waals surface area contributed by atoms with Gasteiger partial charge in [0.2, 0.25) is 0 Å². The fourth-order valence-corrected chi connectivity index (χ4v) is 3.36. The first-order valence-electron chi connectivity index (χ1n) is 7.08. The highest BCUT2D eigenvalue weighted by Crippen LogP contribution is 2.36. The van der Waals surface area contributed by atoms with Crippen LogP contribution in [-0.2, 0) is 5.54 Å². The van der Waals surface area contributed by atoms with Crippen LogP contribution in [0.4, 0.5) is 0 Å². The third-order valence-corrected chi connectivity index (χ3v) is 4.44. The molecule has 0 fully saturated rings. The Bertz CT molecular complexity index is 859. The molecule has 0 bridgehead atoms. The Hall–Kier alpha value is -2.24. The van der Waals surface area contributed by atoms with Crippen molar-refractivity contribution in [3.8, 4) is 11.3 Å². The van der Waals surface area contributed by atoms with E-state index in [0.717, 1.165) is 16.8 Å². The van der Waals surface area contributed by atoms with Gasteiger partial charge in [-0.25, -0.2) is 9.97 Å². The molecule has 4 rings (SSSR count). The van der Waals surface area contributed by atoms with Crippen LogP contribution in [0.2, 0.25) is 0 Å². The molecule has 2 aromatic rings. The van der Waals surface area contributed by atoms with Gasteiger partial charge in [-0.05, 0) is 11.3 Å². The molecule has 5 heteroatoms. The van der Waals surface area contributed by atoms with Crippen molar-refractivity contribution in [3.63, 3.8) is 0 Å². The van der Waals surface area contributed by atoms with Crippen molar-refractivity contribution < 1.29 is 4.79 Å². The Morgan fingerprint density at radius 2 is 1.95 bits per heavy atom. The third kappa shape index (κ3) is 1.86. The summed E-state index contributed by atoms with van der Waals surface area (Å²) in [5.74, 6) is 0.479. The van der Waals surface area contributed by atoms with E-state index in [0.29, 0.717) is 29.1 Å². The van der Waals surface area contributed by atoms with Gasteiger partial charge in [-0.1, -0.05) is 48.6 Å². The molecule has 108 valence electrons. The van der Waals surface area contributed by atoms with Crippen molar-refractivity contribution >= 4 is 22.9 Å². The maximum absolute atomic E-state index is 12.4. The molecule has 1 heterocycles. The number of hydrogen-bond acceptors (Lipinski definition) is 5. The maximum Gasteiger partial charge on any atom is 0.197 e. The van der Waals surface area contributed by atoms with Crippen LogP contribution in [0.1, 0.15) is 34.6 Å². The smallest absolute Gasteiger partial charge is 0.197 e. The monoisotopic (exact) mass is 307 g/mol. The van der Waals surface area contributed by atoms with Crippen molar-refractivity contribution in [2.24, 2.45) is 5.73 Å². The van der Waals surface area contributed by atoms with Crippen LogP contribution in [0, 0.1) is 0 Å². The molecule has 0 aliphatic heterocycles. The van der Waals surface area contributed by atoms with E-state index >= 15 is 0 Å². The van der Waals surface area contributed by atoms with Crippen LogP contribution in [-0.4, -0.2) is 20.6 Å². The molecule has 2 aliphatic rings. The number of aromatic nitrogens is 2. The molecule has 1 aromatic heterocycles. The van der Waals surface area contributed by atoms with Gasteiger partial charge in [0, 0.05) is 23.7 Å². The number of allylic oxidation sites excluding steroid dienone is 1. The number of ketones is 1. The van der Waals surface area contributed by atoms with Crippen LogP contribution < -0.4 is 5.73 Å². The standard InChI is InChI=1S/C17H13N3OS/c18-17(7-3-4-10(22)8-17)16-19-9-13-14(20-16)11-5-1-2-6-12(11)15(13)21/h1-3,5-7,9H,4,8,18H2. The first kappa shape index (κ1) is 13.4. The molecular weight excluding hydrogens is 294 g/mol. The van der Waals surface area contributed by atoms with E-state index in [2.05, 4.69) is 9.97 Å². The van der Waals surface area contributed by atoms with Gasteiger partial charge >= 0.3 is 0 Å². The lowest BCUT2D eigenvalue weighted by molar-refractivity contribution is 0.104. The van der Waals surface area contributed by atoms with E-state index in [1.54, 1.807) is 6.20 Å². The SMILES string of the molecule is NC1(c2ncc3c(n2)-c2ccccc2C3=O)C=CCC(=S)C1. The normalized spacial score (nSPS) is 22.6. The van der Waals surface area contributed by atoms with Crippen LogP contribution in [0.3, 0.4) is 0 Å². The zero-order valence-corrected chi connectivity index (χ0v) is 12.6. The summed E-state index contributed by atoms with van der Waals surface area (Å²) in [6.45, 7) is 0. The number of hydrogen-bond donors (Lipinski definition) is 1. The highest BCUT2D eigenvalue weighted by molar-refractivity contribution is 7.80. The Balaban J connectivity index is 1.88. The lowest BCUT2D eigenvalue weighted by Crippen LogP contribution is -2.40. The minimum atomic E-state index is -0.787. The van der Waals surface area contributed by atoms with Gasteiger partial charge in [-0.3, -0.25) is 4.79 Å². The number of nitrogens with zero attached hydrogens (tertiary/aromatic N) is 2. The number of benzene rings is 1. The molecule has 0 spiro atoms. The van der Waals surface area contributed by atoms with E-state index in [-0.39, 0.29) is 5.78 Å². The molecule has 1 aromatic carbocycles. The van der Waals surface area contributed by atoms with Crippen LogP contribution in [0.25, 0.3) is 11.3 Å². The fraction of sp³-hybridized carbons (Fsp3) is 0.176. The van der Waals surface area contributed by atoms with E-state index in [4.69, 9.17) is 18.0 Å². The minimum absolute atomic E-state index is 0.0297. The van der Waals surface area contributed by atoms with Crippen molar-refractivity contribution in [1.82, 2.24) is 9.97 Å². The van der Waals surface area contributed by atoms with Crippen LogP contribution in [0.5, 0.6) is 0 Å². The summed E-state index contributed by atoms with van der Waals surface area (Å²) in [6.07, 6.45) is 6.77. The van der Waals surface area contributed by atoms with Crippen molar-refractivity contribution in [2.75, 3.05) is 0 Å². The Morgan fingerprint density at radius 1 is 1.18 bits per heavy atom. The molecule has 2 aliphatic carbocycles. The van der Waals surface area contributed by atoms with E-state index < -0.39 is 5.54 Å². The number of carbonyl (C=O) groups excluding carboxylic acids is 1. The molecule has 4 nitrogen and oxygen atoms in total. The largest absolute Gasteiger partial charge is 0.315 e. The van der Waals surface area contributed by atoms with Crippen LogP contribution >= 0.6 is 12.2 Å². The average Bonchev–Trinajstić information content (AvgIpc) is 2.80. The number of rotatable bonds is 1. The highest BCUT2D eigenvalue weighted by atomic mass is 32.1. The van der Waals surface area contributed by atoms with Gasteiger partial charge in [0.1, 0.15) is 0 Å². The second-order valence-electron chi connectivity index (χ2n) is 5.69. The number of fused-ring (bicyclic) bond motifs is 3. The maximum atomic E-state index is 12.4. The second-order valence-corrected chi connectivity index (χ2v) is 6.27. The molecule has 0 saturated heterocycles. The molecule has 1 atom stereocenters. The Labute approximate surface area is 133 Å². The Morgan fingerprint density at radius 3 is 2.73 bits per heavy atom. The summed E-state index contributed by atoms with van der Waals surface area (Å²) in [7, 11) is 0. The summed E-state index contributed by atoms with van der Waals surface area (Å²) >= 11 is 5.29. The number of nitrogens with two attached hydrogens (primary N) is 1. The van der Waals surface area contributed by atoms with Crippen molar-refractivity contribution in [1.29, 1.82) is 0 Å². The molecule has 2 N–H and O–H groups in total. The lowest BCUT2D eigenvalue weighted by atomic mass is 9.87. The van der Waals surface area contributed by atoms with Gasteiger partial charge < -0.3 is 5.73 Å². The first-order chi connectivity index (χ1) is 10.6. The van der Waals surface area contributed by atoms with Crippen molar-refractivity contribution in [2.45, 2.75) is 18.4 Å². The summed E-state index contributed by atoms with van der Waals surface area (Å²) in [4.78, 5) is 22.2. The molecule has 0 radical (unpaired) electrons. The van der Waals surface area contributed by atoms with Gasteiger partial charge in [0.05, 0.1) is 16.8 Å². The minimum Gasteiger partial charge on any atom is -0.315 e. The van der Waals surface area contributed by atoms with E-state index in [1.165, 1.54) is 0 Å². The highest BCUT2D eigenvalue weighted by Gasteiger charge is 2.34. The average molecular weight is 307 g/mol. The van der Waals surface area contributed by atoms with Gasteiger partial charge in [0.25, 0.3) is 0 Å². The Kier molecular flexibility index (Phi) is 2.82. The zero-order chi connectivity index (χ0) is 15.3. The van der Waals surface area contributed by atoms with Gasteiger partial charge in [-0.15, -0.1) is 0 Å². The summed E-state index contributed by atoms with van der Waals surface area (Å²) in [6, 6.07) is 7.47. The zero-order valence-electron chi connectivity index (χ0n) is 11.7. The molecule has 22 heavy (non-hydrogen) atoms. The molecule has 0 saturated carbocycles. The molecule has 1 unspecified atom stereocenters. The fourth-order valence-electron chi connectivity index (χ4n) is 3.02. The van der Waals surface area contributed by atoms with Crippen LogP contribution in [0.15, 0.2) is 42.6 Å². The third-order valence-electron chi connectivity index (χ3n) is 4.13. The van der Waals surface area contributed by atoms with Gasteiger partial charge in [-0.2, -0.15) is 0 Å². The van der Waals surface area contributed by atoms with E-state index in [1.807, 2.05) is 36.4 Å². The number of carbonyl (C=O) groups is 1. The van der Waals surface area contributed by atoms with Crippen molar-refractivity contribution in [3.05, 3.63) is 59.6 Å². The summed E-state index contributed by atoms with van der Waals surface area (Å²) < 4.78 is 0. The molecule has 0 amide bonds. The number of thiocarbonyl (C=S) groups is 1. The summed E-state index contributed by atoms with van der Waals surface area (Å²) in [5, 5.41) is 0. The van der Waals surface area contributed by atoms with Gasteiger partial charge in [0.15, 0.2) is 11.6 Å². The molecular formula is C17H13N3OS. The topological polar surface area (TPSA) is 68.9 Å². The first-order valence-corrected chi connectivity index (χ1v) is 7.49. The second kappa shape index (κ2) is 4.63. The lowest BCUT2D eigenvalue weighted by Gasteiger charge is -2.27.